The monoisotopic (exact) mass is 306 g/mol. The van der Waals surface area contributed by atoms with E-state index in [0.29, 0.717) is 19.5 Å². The number of para-hydroxylation sites is 1. The SMILES string of the molecule is COc1ccccc1C1(CNC(=O)NCCCO)CCCC1. The van der Waals surface area contributed by atoms with Gasteiger partial charge in [0.15, 0.2) is 0 Å². The second-order valence-electron chi connectivity index (χ2n) is 5.87. The molecule has 1 aliphatic carbocycles. The van der Waals surface area contributed by atoms with E-state index in [2.05, 4.69) is 16.7 Å². The summed E-state index contributed by atoms with van der Waals surface area (Å²) in [6.45, 7) is 1.19. The smallest absolute Gasteiger partial charge is 0.314 e. The van der Waals surface area contributed by atoms with Crippen molar-refractivity contribution in [3.05, 3.63) is 29.8 Å². The van der Waals surface area contributed by atoms with Gasteiger partial charge in [-0.25, -0.2) is 4.79 Å². The summed E-state index contributed by atoms with van der Waals surface area (Å²) < 4.78 is 5.51. The van der Waals surface area contributed by atoms with Crippen molar-refractivity contribution >= 4 is 6.03 Å². The number of amides is 2. The third kappa shape index (κ3) is 3.91. The van der Waals surface area contributed by atoms with Gasteiger partial charge >= 0.3 is 6.03 Å². The second-order valence-corrected chi connectivity index (χ2v) is 5.87. The van der Waals surface area contributed by atoms with E-state index in [1.807, 2.05) is 18.2 Å². The molecule has 1 fully saturated rings. The average Bonchev–Trinajstić information content (AvgIpc) is 3.03. The number of rotatable bonds is 7. The molecule has 1 saturated carbocycles. The Hall–Kier alpha value is -1.75. The number of ether oxygens (including phenoxy) is 1. The van der Waals surface area contributed by atoms with Crippen molar-refractivity contribution in [1.82, 2.24) is 10.6 Å². The van der Waals surface area contributed by atoms with Crippen LogP contribution >= 0.6 is 0 Å². The summed E-state index contributed by atoms with van der Waals surface area (Å²) in [6, 6.07) is 7.92. The Morgan fingerprint density at radius 3 is 2.68 bits per heavy atom. The predicted octanol–water partition coefficient (Wildman–Crippen LogP) is 2.19. The van der Waals surface area contributed by atoms with Crippen LogP contribution in [-0.4, -0.2) is 37.9 Å². The number of nitrogens with one attached hydrogen (secondary N) is 2. The largest absolute Gasteiger partial charge is 0.496 e. The molecular formula is C17H26N2O3. The molecule has 0 saturated heterocycles. The van der Waals surface area contributed by atoms with Crippen LogP contribution in [0.25, 0.3) is 0 Å². The minimum absolute atomic E-state index is 0.0408. The molecule has 0 unspecified atom stereocenters. The fraction of sp³-hybridized carbons (Fsp3) is 0.588. The Balaban J connectivity index is 2.04. The summed E-state index contributed by atoms with van der Waals surface area (Å²) in [7, 11) is 1.69. The zero-order valence-corrected chi connectivity index (χ0v) is 13.2. The number of methoxy groups -OCH3 is 1. The lowest BCUT2D eigenvalue weighted by Gasteiger charge is -2.31. The van der Waals surface area contributed by atoms with Gasteiger partial charge in [0.1, 0.15) is 5.75 Å². The van der Waals surface area contributed by atoms with E-state index in [9.17, 15) is 4.79 Å². The normalized spacial score (nSPS) is 16.3. The fourth-order valence-electron chi connectivity index (χ4n) is 3.27. The van der Waals surface area contributed by atoms with E-state index in [1.54, 1.807) is 7.11 Å². The molecule has 5 heteroatoms. The molecule has 1 aromatic carbocycles. The van der Waals surface area contributed by atoms with Crippen LogP contribution in [0.5, 0.6) is 5.75 Å². The average molecular weight is 306 g/mol. The van der Waals surface area contributed by atoms with E-state index < -0.39 is 0 Å². The first kappa shape index (κ1) is 16.6. The molecule has 0 atom stereocenters. The van der Waals surface area contributed by atoms with Gasteiger partial charge in [-0.3, -0.25) is 0 Å². The van der Waals surface area contributed by atoms with Gasteiger partial charge in [0, 0.05) is 30.7 Å². The first-order chi connectivity index (χ1) is 10.7. The van der Waals surface area contributed by atoms with E-state index >= 15 is 0 Å². The van der Waals surface area contributed by atoms with Gasteiger partial charge in [0.05, 0.1) is 7.11 Å². The maximum Gasteiger partial charge on any atom is 0.314 e. The van der Waals surface area contributed by atoms with Gasteiger partial charge in [-0.1, -0.05) is 31.0 Å². The zero-order chi connectivity index (χ0) is 15.8. The lowest BCUT2D eigenvalue weighted by molar-refractivity contribution is 0.234. The van der Waals surface area contributed by atoms with Crippen molar-refractivity contribution in [2.75, 3.05) is 26.8 Å². The Labute approximate surface area is 132 Å². The Kier molecular flexibility index (Phi) is 6.07. The highest BCUT2D eigenvalue weighted by Gasteiger charge is 2.37. The number of benzene rings is 1. The molecule has 3 N–H and O–H groups in total. The fourth-order valence-corrected chi connectivity index (χ4v) is 3.27. The van der Waals surface area contributed by atoms with E-state index in [1.165, 1.54) is 18.4 Å². The predicted molar refractivity (Wildman–Crippen MR) is 86.2 cm³/mol. The Morgan fingerprint density at radius 1 is 1.27 bits per heavy atom. The number of carbonyl (C=O) groups excluding carboxylic acids is 1. The van der Waals surface area contributed by atoms with Gasteiger partial charge in [-0.2, -0.15) is 0 Å². The summed E-state index contributed by atoms with van der Waals surface area (Å²) in [4.78, 5) is 11.9. The lowest BCUT2D eigenvalue weighted by Crippen LogP contribution is -2.44. The van der Waals surface area contributed by atoms with Crippen LogP contribution in [0.2, 0.25) is 0 Å². The third-order valence-corrected chi connectivity index (χ3v) is 4.45. The van der Waals surface area contributed by atoms with Gasteiger partial charge in [0.25, 0.3) is 0 Å². The van der Waals surface area contributed by atoms with Crippen LogP contribution in [0.4, 0.5) is 4.79 Å². The van der Waals surface area contributed by atoms with Gasteiger partial charge < -0.3 is 20.5 Å². The number of carbonyl (C=O) groups is 1. The van der Waals surface area contributed by atoms with Gasteiger partial charge in [-0.15, -0.1) is 0 Å². The first-order valence-electron chi connectivity index (χ1n) is 7.98. The number of aliphatic hydroxyl groups is 1. The Morgan fingerprint density at radius 2 is 2.00 bits per heavy atom. The summed E-state index contributed by atoms with van der Waals surface area (Å²) >= 11 is 0. The zero-order valence-electron chi connectivity index (χ0n) is 13.2. The summed E-state index contributed by atoms with van der Waals surface area (Å²) in [5.74, 6) is 0.895. The van der Waals surface area contributed by atoms with Crippen LogP contribution in [-0.2, 0) is 5.41 Å². The van der Waals surface area contributed by atoms with Crippen molar-refractivity contribution in [3.8, 4) is 5.75 Å². The molecule has 122 valence electrons. The summed E-state index contributed by atoms with van der Waals surface area (Å²) in [5, 5.41) is 14.5. The van der Waals surface area contributed by atoms with Crippen LogP contribution in [0.3, 0.4) is 0 Å². The van der Waals surface area contributed by atoms with Crippen molar-refractivity contribution in [2.24, 2.45) is 0 Å². The van der Waals surface area contributed by atoms with Gasteiger partial charge in [0.2, 0.25) is 0 Å². The molecular weight excluding hydrogens is 280 g/mol. The van der Waals surface area contributed by atoms with Crippen molar-refractivity contribution in [3.63, 3.8) is 0 Å². The van der Waals surface area contributed by atoms with E-state index in [4.69, 9.17) is 9.84 Å². The second kappa shape index (κ2) is 8.03. The maximum absolute atomic E-state index is 11.9. The molecule has 22 heavy (non-hydrogen) atoms. The minimum Gasteiger partial charge on any atom is -0.496 e. The minimum atomic E-state index is -0.172. The Bertz CT molecular complexity index is 485. The van der Waals surface area contributed by atoms with Crippen LogP contribution < -0.4 is 15.4 Å². The van der Waals surface area contributed by atoms with E-state index in [0.717, 1.165) is 18.6 Å². The van der Waals surface area contributed by atoms with Crippen molar-refractivity contribution < 1.29 is 14.6 Å². The highest BCUT2D eigenvalue weighted by Crippen LogP contribution is 2.44. The molecule has 0 bridgehead atoms. The van der Waals surface area contributed by atoms with E-state index in [-0.39, 0.29) is 18.1 Å². The molecule has 0 radical (unpaired) electrons. The number of aliphatic hydroxyl groups excluding tert-OH is 1. The number of hydrogen-bond acceptors (Lipinski definition) is 3. The highest BCUT2D eigenvalue weighted by molar-refractivity contribution is 5.74. The maximum atomic E-state index is 11.9. The molecule has 0 spiro atoms. The quantitative estimate of drug-likeness (QED) is 0.676. The molecule has 0 heterocycles. The van der Waals surface area contributed by atoms with Crippen LogP contribution in [0.1, 0.15) is 37.7 Å². The molecule has 2 amide bonds. The number of urea groups is 1. The topological polar surface area (TPSA) is 70.6 Å². The summed E-state index contributed by atoms with van der Waals surface area (Å²) in [5.41, 5.74) is 1.15. The molecule has 1 aromatic rings. The standard InChI is InChI=1S/C17H26N2O3/c1-22-15-8-3-2-7-14(15)17(9-4-5-10-17)13-19-16(21)18-11-6-12-20/h2-3,7-8,20H,4-6,9-13H2,1H3,(H2,18,19,21). The van der Waals surface area contributed by atoms with Crippen LogP contribution in [0.15, 0.2) is 24.3 Å². The molecule has 1 aliphatic rings. The van der Waals surface area contributed by atoms with Crippen molar-refractivity contribution in [2.45, 2.75) is 37.5 Å². The third-order valence-electron chi connectivity index (χ3n) is 4.45. The molecule has 5 nitrogen and oxygen atoms in total. The summed E-state index contributed by atoms with van der Waals surface area (Å²) in [6.07, 6.45) is 5.04. The number of hydrogen-bond donors (Lipinski definition) is 3. The lowest BCUT2D eigenvalue weighted by atomic mass is 9.78. The molecule has 0 aromatic heterocycles. The molecule has 0 aliphatic heterocycles. The van der Waals surface area contributed by atoms with Crippen LogP contribution in [0, 0.1) is 0 Å². The first-order valence-corrected chi connectivity index (χ1v) is 7.98. The van der Waals surface area contributed by atoms with Gasteiger partial charge in [-0.05, 0) is 25.3 Å². The highest BCUT2D eigenvalue weighted by atomic mass is 16.5. The van der Waals surface area contributed by atoms with Crippen molar-refractivity contribution in [1.29, 1.82) is 0 Å². The molecule has 2 rings (SSSR count).